The first-order chi connectivity index (χ1) is 12.0. The molecule has 2 aromatic rings. The van der Waals surface area contributed by atoms with Gasteiger partial charge in [-0.1, -0.05) is 29.8 Å². The van der Waals surface area contributed by atoms with Gasteiger partial charge in [0.25, 0.3) is 11.8 Å². The number of ether oxygens (including phenoxy) is 1. The smallest absolute Gasteiger partial charge is 0.258 e. The molecule has 7 nitrogen and oxygen atoms in total. The molecule has 0 spiro atoms. The van der Waals surface area contributed by atoms with Gasteiger partial charge in [-0.15, -0.1) is 5.10 Å². The zero-order valence-electron chi connectivity index (χ0n) is 14.2. The van der Waals surface area contributed by atoms with Crippen molar-refractivity contribution >= 4 is 23.4 Å². The Hall–Kier alpha value is -2.54. The third-order valence-corrected chi connectivity index (χ3v) is 3.38. The van der Waals surface area contributed by atoms with E-state index in [2.05, 4.69) is 15.7 Å². The van der Waals surface area contributed by atoms with Gasteiger partial charge in [0.15, 0.2) is 6.61 Å². The lowest BCUT2D eigenvalue weighted by molar-refractivity contribution is -0.123. The van der Waals surface area contributed by atoms with Gasteiger partial charge in [0.1, 0.15) is 5.02 Å². The Kier molecular flexibility index (Phi) is 6.82. The van der Waals surface area contributed by atoms with Crippen LogP contribution in [0.15, 0.2) is 36.5 Å². The molecule has 2 rings (SSSR count). The molecule has 0 atom stereocenters. The van der Waals surface area contributed by atoms with Crippen LogP contribution in [-0.2, 0) is 9.59 Å². The van der Waals surface area contributed by atoms with Crippen molar-refractivity contribution in [1.82, 2.24) is 20.4 Å². The predicted octanol–water partition coefficient (Wildman–Crippen LogP) is 1.94. The third kappa shape index (κ3) is 6.11. The van der Waals surface area contributed by atoms with Gasteiger partial charge >= 0.3 is 0 Å². The molecule has 0 radical (unpaired) electrons. The summed E-state index contributed by atoms with van der Waals surface area (Å²) in [5.41, 5.74) is 0.833. The Morgan fingerprint density at radius 2 is 1.96 bits per heavy atom. The fraction of sp³-hybridized carbons (Fsp3) is 0.353. The number of hydrogen-bond donors (Lipinski definition) is 2. The quantitative estimate of drug-likeness (QED) is 0.749. The molecule has 8 heteroatoms. The van der Waals surface area contributed by atoms with Gasteiger partial charge in [0.05, 0.1) is 11.9 Å². The first kappa shape index (κ1) is 18.8. The highest BCUT2D eigenvalue weighted by Crippen LogP contribution is 2.23. The van der Waals surface area contributed by atoms with Crippen LogP contribution in [0.2, 0.25) is 5.02 Å². The highest BCUT2D eigenvalue weighted by molar-refractivity contribution is 6.31. The van der Waals surface area contributed by atoms with Crippen LogP contribution < -0.4 is 15.4 Å². The normalized spacial score (nSPS) is 10.6. The average molecular weight is 365 g/mol. The Bertz CT molecular complexity index is 716. The zero-order valence-corrected chi connectivity index (χ0v) is 14.9. The van der Waals surface area contributed by atoms with Crippen molar-refractivity contribution in [2.75, 3.05) is 13.2 Å². The minimum absolute atomic E-state index is 0.0772. The lowest BCUT2D eigenvalue weighted by atomic mass is 10.3. The lowest BCUT2D eigenvalue weighted by Gasteiger charge is -2.09. The molecule has 134 valence electrons. The maximum atomic E-state index is 11.8. The largest absolute Gasteiger partial charge is 0.465 e. The highest BCUT2D eigenvalue weighted by Gasteiger charge is 2.12. The summed E-state index contributed by atoms with van der Waals surface area (Å²) in [6, 6.07) is 9.50. The molecular formula is C17H21ClN4O3. The van der Waals surface area contributed by atoms with Crippen molar-refractivity contribution in [2.45, 2.75) is 26.3 Å². The topological polar surface area (TPSA) is 85.2 Å². The molecule has 2 amide bonds. The van der Waals surface area contributed by atoms with Crippen LogP contribution in [0.1, 0.15) is 20.3 Å². The molecule has 0 aliphatic carbocycles. The summed E-state index contributed by atoms with van der Waals surface area (Å²) in [6.45, 7) is 3.77. The van der Waals surface area contributed by atoms with Gasteiger partial charge in [-0.2, -0.15) is 0 Å². The summed E-state index contributed by atoms with van der Waals surface area (Å²) >= 11 is 6.08. The van der Waals surface area contributed by atoms with Crippen LogP contribution in [0.25, 0.3) is 5.69 Å². The second-order valence-corrected chi connectivity index (χ2v) is 6.08. The summed E-state index contributed by atoms with van der Waals surface area (Å²) in [7, 11) is 0. The van der Waals surface area contributed by atoms with E-state index >= 15 is 0 Å². The van der Waals surface area contributed by atoms with Crippen molar-refractivity contribution < 1.29 is 14.3 Å². The Balaban J connectivity index is 1.78. The maximum absolute atomic E-state index is 11.8. The third-order valence-electron chi connectivity index (χ3n) is 3.12. The number of aromatic nitrogens is 2. The van der Waals surface area contributed by atoms with E-state index in [9.17, 15) is 9.59 Å². The van der Waals surface area contributed by atoms with E-state index < -0.39 is 0 Å². The molecule has 0 unspecified atom stereocenters. The number of amides is 2. The standard InChI is InChI=1S/C17H21ClN4O3/c1-12(2)20-15(23)8-9-19-16(24)11-25-17-14(18)10-22(21-17)13-6-4-3-5-7-13/h3-7,10,12H,8-9,11H2,1-2H3,(H,19,24)(H,20,23). The van der Waals surface area contributed by atoms with Crippen molar-refractivity contribution in [1.29, 1.82) is 0 Å². The molecule has 25 heavy (non-hydrogen) atoms. The van der Waals surface area contributed by atoms with Gasteiger partial charge < -0.3 is 15.4 Å². The Morgan fingerprint density at radius 1 is 1.24 bits per heavy atom. The van der Waals surface area contributed by atoms with E-state index in [1.165, 1.54) is 0 Å². The number of nitrogens with zero attached hydrogens (tertiary/aromatic N) is 2. The second kappa shape index (κ2) is 9.08. The molecule has 0 saturated heterocycles. The number of nitrogens with one attached hydrogen (secondary N) is 2. The van der Waals surface area contributed by atoms with Crippen LogP contribution in [0, 0.1) is 0 Å². The van der Waals surface area contributed by atoms with E-state index in [4.69, 9.17) is 16.3 Å². The van der Waals surface area contributed by atoms with Crippen molar-refractivity contribution in [2.24, 2.45) is 0 Å². The van der Waals surface area contributed by atoms with Gasteiger partial charge in [0.2, 0.25) is 5.91 Å². The van der Waals surface area contributed by atoms with Crippen molar-refractivity contribution in [3.8, 4) is 11.6 Å². The average Bonchev–Trinajstić information content (AvgIpc) is 2.94. The fourth-order valence-electron chi connectivity index (χ4n) is 2.04. The summed E-state index contributed by atoms with van der Waals surface area (Å²) in [5, 5.41) is 9.89. The van der Waals surface area contributed by atoms with Crippen molar-refractivity contribution in [3.05, 3.63) is 41.6 Å². The highest BCUT2D eigenvalue weighted by atomic mass is 35.5. The molecule has 0 saturated carbocycles. The number of halogens is 1. The number of para-hydroxylation sites is 1. The number of hydrogen-bond acceptors (Lipinski definition) is 4. The van der Waals surface area contributed by atoms with Crippen LogP contribution in [-0.4, -0.2) is 40.8 Å². The van der Waals surface area contributed by atoms with E-state index in [1.54, 1.807) is 10.9 Å². The van der Waals surface area contributed by atoms with E-state index in [1.807, 2.05) is 44.2 Å². The summed E-state index contributed by atoms with van der Waals surface area (Å²) in [5.74, 6) is -0.276. The van der Waals surface area contributed by atoms with Gasteiger partial charge in [-0.05, 0) is 26.0 Å². The van der Waals surface area contributed by atoms with E-state index in [0.717, 1.165) is 5.69 Å². The predicted molar refractivity (Wildman–Crippen MR) is 95.0 cm³/mol. The van der Waals surface area contributed by atoms with Gasteiger partial charge in [0, 0.05) is 19.0 Å². The summed E-state index contributed by atoms with van der Waals surface area (Å²) in [6.07, 6.45) is 1.83. The molecule has 0 bridgehead atoms. The second-order valence-electron chi connectivity index (χ2n) is 5.67. The van der Waals surface area contributed by atoms with Crippen LogP contribution in [0.4, 0.5) is 0 Å². The number of carbonyl (C=O) groups is 2. The number of rotatable bonds is 8. The molecule has 1 heterocycles. The molecule has 1 aromatic heterocycles. The monoisotopic (exact) mass is 364 g/mol. The van der Waals surface area contributed by atoms with Crippen molar-refractivity contribution in [3.63, 3.8) is 0 Å². The summed E-state index contributed by atoms with van der Waals surface area (Å²) < 4.78 is 6.92. The maximum Gasteiger partial charge on any atom is 0.258 e. The van der Waals surface area contributed by atoms with Gasteiger partial charge in [-0.3, -0.25) is 9.59 Å². The molecule has 0 fully saturated rings. The molecular weight excluding hydrogens is 344 g/mol. The van der Waals surface area contributed by atoms with Gasteiger partial charge in [-0.25, -0.2) is 4.68 Å². The SMILES string of the molecule is CC(C)NC(=O)CCNC(=O)COc1nn(-c2ccccc2)cc1Cl. The zero-order chi connectivity index (χ0) is 18.2. The fourth-order valence-corrected chi connectivity index (χ4v) is 2.23. The Morgan fingerprint density at radius 3 is 2.64 bits per heavy atom. The van der Waals surface area contributed by atoms with Crippen LogP contribution in [0.3, 0.4) is 0 Å². The molecule has 2 N–H and O–H groups in total. The van der Waals surface area contributed by atoms with E-state index in [-0.39, 0.29) is 43.3 Å². The first-order valence-corrected chi connectivity index (χ1v) is 8.33. The number of carbonyl (C=O) groups excluding carboxylic acids is 2. The molecule has 0 aliphatic rings. The van der Waals surface area contributed by atoms with E-state index in [0.29, 0.717) is 5.02 Å². The summed E-state index contributed by atoms with van der Waals surface area (Å²) in [4.78, 5) is 23.2. The molecule has 1 aromatic carbocycles. The van der Waals surface area contributed by atoms with Crippen LogP contribution in [0.5, 0.6) is 5.88 Å². The van der Waals surface area contributed by atoms with Crippen LogP contribution >= 0.6 is 11.6 Å². The minimum Gasteiger partial charge on any atom is -0.465 e. The minimum atomic E-state index is -0.345. The Labute approximate surface area is 151 Å². The lowest BCUT2D eigenvalue weighted by Crippen LogP contribution is -2.35. The molecule has 0 aliphatic heterocycles. The first-order valence-electron chi connectivity index (χ1n) is 7.95. The number of benzene rings is 1.